The van der Waals surface area contributed by atoms with Crippen molar-refractivity contribution in [3.05, 3.63) is 24.3 Å². The van der Waals surface area contributed by atoms with Gasteiger partial charge in [0.2, 0.25) is 0 Å². The van der Waals surface area contributed by atoms with Crippen LogP contribution in [0.4, 0.5) is 0 Å². The molecule has 0 saturated heterocycles. The summed E-state index contributed by atoms with van der Waals surface area (Å²) in [7, 11) is 0. The molecule has 0 bridgehead atoms. The summed E-state index contributed by atoms with van der Waals surface area (Å²) in [5.41, 5.74) is 0. The molecule has 0 amide bonds. The van der Waals surface area contributed by atoms with Crippen molar-refractivity contribution in [2.24, 2.45) is 0 Å². The van der Waals surface area contributed by atoms with Gasteiger partial charge in [0.25, 0.3) is 0 Å². The highest BCUT2D eigenvalue weighted by molar-refractivity contribution is 9.13. The van der Waals surface area contributed by atoms with Crippen molar-refractivity contribution in [2.75, 3.05) is 0 Å². The summed E-state index contributed by atoms with van der Waals surface area (Å²) in [4.78, 5) is 3.85. The molecule has 0 fully saturated rings. The topological polar surface area (TPSA) is 12.9 Å². The largest absolute Gasteiger partial charge is 0.226 e. The maximum atomic E-state index is 5.75. The maximum absolute atomic E-state index is 5.75. The molecule has 0 saturated carbocycles. The van der Waals surface area contributed by atoms with Crippen LogP contribution in [0.15, 0.2) is 9.08 Å². The highest BCUT2D eigenvalue weighted by Crippen LogP contribution is 2.38. The average Bonchev–Trinajstić information content (AvgIpc) is 1.97. The van der Waals surface area contributed by atoms with E-state index in [1.165, 1.54) is 0 Å². The lowest BCUT2D eigenvalue weighted by molar-refractivity contribution is 1.26. The van der Waals surface area contributed by atoms with Gasteiger partial charge in [-0.1, -0.05) is 34.8 Å². The smallest absolute Gasteiger partial charge is 0.150 e. The van der Waals surface area contributed by atoms with Gasteiger partial charge in [0, 0.05) is 0 Å². The first-order chi connectivity index (χ1) is 5.04. The van der Waals surface area contributed by atoms with Crippen molar-refractivity contribution >= 4 is 66.7 Å². The van der Waals surface area contributed by atoms with Crippen LogP contribution < -0.4 is 0 Å². The van der Waals surface area contributed by atoms with Crippen LogP contribution in [0.25, 0.3) is 0 Å². The van der Waals surface area contributed by atoms with E-state index in [1.807, 2.05) is 0 Å². The number of nitrogens with zero attached hydrogens (tertiary/aromatic N) is 1. The molecular formula is C5Br2Cl3N. The van der Waals surface area contributed by atoms with Gasteiger partial charge >= 0.3 is 0 Å². The zero-order valence-corrected chi connectivity index (χ0v) is 10.3. The first-order valence-corrected chi connectivity index (χ1v) is 5.11. The Kier molecular flexibility index (Phi) is 3.47. The first kappa shape index (κ1) is 10.1. The van der Waals surface area contributed by atoms with Crippen molar-refractivity contribution < 1.29 is 0 Å². The van der Waals surface area contributed by atoms with Gasteiger partial charge in [0.1, 0.15) is 4.60 Å². The number of halogens is 5. The minimum atomic E-state index is 0.187. The zero-order valence-electron chi connectivity index (χ0n) is 4.84. The van der Waals surface area contributed by atoms with Crippen LogP contribution in [-0.4, -0.2) is 4.98 Å². The van der Waals surface area contributed by atoms with Crippen LogP contribution in [0.2, 0.25) is 15.2 Å². The molecule has 1 aromatic heterocycles. The lowest BCUT2D eigenvalue weighted by atomic mass is 10.5. The lowest BCUT2D eigenvalue weighted by Gasteiger charge is -2.01. The number of rotatable bonds is 0. The Hall–Kier alpha value is 0.980. The normalized spacial score (nSPS) is 10.3. The van der Waals surface area contributed by atoms with Crippen LogP contribution >= 0.6 is 66.7 Å². The van der Waals surface area contributed by atoms with Crippen LogP contribution in [-0.2, 0) is 0 Å². The summed E-state index contributed by atoms with van der Waals surface area (Å²) in [6.45, 7) is 0. The fraction of sp³-hybridized carbons (Fsp3) is 0. The first-order valence-electron chi connectivity index (χ1n) is 2.39. The van der Waals surface area contributed by atoms with Crippen LogP contribution in [0.1, 0.15) is 0 Å². The summed E-state index contributed by atoms with van der Waals surface area (Å²) in [6, 6.07) is 0. The molecular weight excluding hydrogens is 340 g/mol. The van der Waals surface area contributed by atoms with Crippen LogP contribution in [0, 0.1) is 0 Å². The molecule has 1 aromatic rings. The Morgan fingerprint density at radius 2 is 1.55 bits per heavy atom. The van der Waals surface area contributed by atoms with Crippen LogP contribution in [0.3, 0.4) is 0 Å². The van der Waals surface area contributed by atoms with E-state index in [4.69, 9.17) is 34.8 Å². The molecule has 1 rings (SSSR count). The molecule has 0 aliphatic rings. The minimum Gasteiger partial charge on any atom is -0.226 e. The monoisotopic (exact) mass is 337 g/mol. The molecule has 0 radical (unpaired) electrons. The highest BCUT2D eigenvalue weighted by Gasteiger charge is 2.11. The van der Waals surface area contributed by atoms with Crippen molar-refractivity contribution in [2.45, 2.75) is 0 Å². The molecule has 0 unspecified atom stereocenters. The molecule has 0 spiro atoms. The molecule has 0 aliphatic carbocycles. The van der Waals surface area contributed by atoms with Crippen molar-refractivity contribution in [1.29, 1.82) is 0 Å². The van der Waals surface area contributed by atoms with Gasteiger partial charge in [-0.05, 0) is 31.9 Å². The molecule has 0 aliphatic heterocycles. The van der Waals surface area contributed by atoms with E-state index in [0.717, 1.165) is 0 Å². The van der Waals surface area contributed by atoms with Crippen LogP contribution in [0.5, 0.6) is 0 Å². The predicted molar refractivity (Wildman–Crippen MR) is 54.7 cm³/mol. The number of hydrogen-bond acceptors (Lipinski definition) is 1. The van der Waals surface area contributed by atoms with E-state index in [1.54, 1.807) is 0 Å². The minimum absolute atomic E-state index is 0.187. The van der Waals surface area contributed by atoms with E-state index >= 15 is 0 Å². The molecule has 0 N–H and O–H groups in total. The van der Waals surface area contributed by atoms with E-state index in [0.29, 0.717) is 14.1 Å². The van der Waals surface area contributed by atoms with Crippen molar-refractivity contribution in [3.63, 3.8) is 0 Å². The molecule has 6 heteroatoms. The molecule has 1 heterocycles. The SMILES string of the molecule is Clc1nc(Br)c(Br)c(Cl)c1Cl. The van der Waals surface area contributed by atoms with Gasteiger partial charge in [-0.3, -0.25) is 0 Å². The second-order valence-corrected chi connectivity index (χ2v) is 4.29. The van der Waals surface area contributed by atoms with E-state index in [2.05, 4.69) is 36.8 Å². The highest BCUT2D eigenvalue weighted by atomic mass is 79.9. The summed E-state index contributed by atoms with van der Waals surface area (Å²) in [5, 5.41) is 0.800. The molecule has 11 heavy (non-hydrogen) atoms. The van der Waals surface area contributed by atoms with Gasteiger partial charge in [-0.25, -0.2) is 4.98 Å². The Morgan fingerprint density at radius 1 is 1.00 bits per heavy atom. The quantitative estimate of drug-likeness (QED) is 0.631. The third-order valence-corrected chi connectivity index (χ3v) is 4.26. The van der Waals surface area contributed by atoms with Crippen molar-refractivity contribution in [3.8, 4) is 0 Å². The lowest BCUT2D eigenvalue weighted by Crippen LogP contribution is -1.82. The molecule has 60 valence electrons. The van der Waals surface area contributed by atoms with Gasteiger partial charge in [-0.2, -0.15) is 0 Å². The van der Waals surface area contributed by atoms with E-state index in [9.17, 15) is 0 Å². The van der Waals surface area contributed by atoms with Crippen molar-refractivity contribution in [1.82, 2.24) is 4.98 Å². The van der Waals surface area contributed by atoms with Gasteiger partial charge in [-0.15, -0.1) is 0 Å². The van der Waals surface area contributed by atoms with Gasteiger partial charge < -0.3 is 0 Å². The Morgan fingerprint density at radius 3 is 2.09 bits per heavy atom. The third kappa shape index (κ3) is 2.01. The van der Waals surface area contributed by atoms with Gasteiger partial charge in [0.15, 0.2) is 5.15 Å². The Balaban J connectivity index is 3.46. The second kappa shape index (κ2) is 3.79. The molecule has 0 aromatic carbocycles. The standard InChI is InChI=1S/C5Br2Cl3N/c6-1-2(8)3(9)5(10)11-4(1)7. The Bertz CT molecular complexity index is 276. The maximum Gasteiger partial charge on any atom is 0.150 e. The zero-order chi connectivity index (χ0) is 8.59. The number of aromatic nitrogens is 1. The number of pyridine rings is 1. The summed E-state index contributed by atoms with van der Waals surface area (Å²) in [5.74, 6) is 0. The molecule has 1 nitrogen and oxygen atoms in total. The van der Waals surface area contributed by atoms with E-state index in [-0.39, 0.29) is 10.2 Å². The predicted octanol–water partition coefficient (Wildman–Crippen LogP) is 4.57. The third-order valence-electron chi connectivity index (χ3n) is 0.944. The summed E-state index contributed by atoms with van der Waals surface area (Å²) in [6.07, 6.45) is 0. The summed E-state index contributed by atoms with van der Waals surface area (Å²) >= 11 is 23.4. The van der Waals surface area contributed by atoms with Gasteiger partial charge in [0.05, 0.1) is 14.5 Å². The second-order valence-electron chi connectivity index (χ2n) is 1.64. The van der Waals surface area contributed by atoms with E-state index < -0.39 is 0 Å². The Labute approximate surface area is 95.3 Å². The fourth-order valence-corrected chi connectivity index (χ4v) is 2.00. The fourth-order valence-electron chi connectivity index (χ4n) is 0.462. The summed E-state index contributed by atoms with van der Waals surface area (Å²) < 4.78 is 1.14. The molecule has 0 atom stereocenters. The number of hydrogen-bond donors (Lipinski definition) is 0. The average molecular weight is 340 g/mol.